The first kappa shape index (κ1) is 15.1. The molecule has 0 aliphatic carbocycles. The van der Waals surface area contributed by atoms with Crippen molar-refractivity contribution in [2.24, 2.45) is 0 Å². The van der Waals surface area contributed by atoms with E-state index in [1.54, 1.807) is 0 Å². The zero-order chi connectivity index (χ0) is 17.2. The predicted molar refractivity (Wildman–Crippen MR) is 99.6 cm³/mol. The Kier molecular flexibility index (Phi) is 3.75. The van der Waals surface area contributed by atoms with Crippen LogP contribution in [0.25, 0.3) is 33.3 Å². The van der Waals surface area contributed by atoms with Gasteiger partial charge < -0.3 is 5.11 Å². The largest absolute Gasteiger partial charge is 0.478 e. The molecule has 4 aromatic rings. The average molecular weight is 325 g/mol. The van der Waals surface area contributed by atoms with Gasteiger partial charge >= 0.3 is 5.97 Å². The molecule has 0 bridgehead atoms. The molecule has 0 atom stereocenters. The van der Waals surface area contributed by atoms with Gasteiger partial charge in [-0.25, -0.2) is 9.78 Å². The maximum atomic E-state index is 12.2. The van der Waals surface area contributed by atoms with E-state index in [0.29, 0.717) is 11.3 Å². The first-order chi connectivity index (χ1) is 12.3. The van der Waals surface area contributed by atoms with E-state index < -0.39 is 5.97 Å². The lowest BCUT2D eigenvalue weighted by Crippen LogP contribution is -2.06. The van der Waals surface area contributed by atoms with Crippen molar-refractivity contribution in [1.82, 2.24) is 4.98 Å². The quantitative estimate of drug-likeness (QED) is 0.558. The first-order valence-corrected chi connectivity index (χ1v) is 8.02. The van der Waals surface area contributed by atoms with Crippen LogP contribution in [0.3, 0.4) is 0 Å². The summed E-state index contributed by atoms with van der Waals surface area (Å²) in [5.41, 5.74) is 3.88. The monoisotopic (exact) mass is 325 g/mol. The average Bonchev–Trinajstić information content (AvgIpc) is 2.67. The van der Waals surface area contributed by atoms with Crippen molar-refractivity contribution in [2.45, 2.75) is 0 Å². The van der Waals surface area contributed by atoms with E-state index in [1.165, 1.54) is 0 Å². The van der Waals surface area contributed by atoms with Crippen LogP contribution in [-0.4, -0.2) is 16.1 Å². The number of rotatable bonds is 3. The minimum atomic E-state index is -0.976. The normalized spacial score (nSPS) is 10.7. The number of nitrogens with zero attached hydrogens (tertiary/aromatic N) is 1. The molecule has 0 fully saturated rings. The molecule has 1 heterocycles. The number of aromatic nitrogens is 1. The molecule has 1 aromatic heterocycles. The van der Waals surface area contributed by atoms with Gasteiger partial charge in [0.25, 0.3) is 0 Å². The highest BCUT2D eigenvalue weighted by Crippen LogP contribution is 2.36. The van der Waals surface area contributed by atoms with Crippen LogP contribution in [-0.2, 0) is 0 Å². The molecule has 1 N–H and O–H groups in total. The summed E-state index contributed by atoms with van der Waals surface area (Å²) >= 11 is 0. The van der Waals surface area contributed by atoms with Gasteiger partial charge in [0, 0.05) is 16.5 Å². The molecular weight excluding hydrogens is 310 g/mol. The Hall–Kier alpha value is -3.46. The van der Waals surface area contributed by atoms with Gasteiger partial charge in [0.1, 0.15) is 0 Å². The number of fused-ring (bicyclic) bond motifs is 1. The van der Waals surface area contributed by atoms with E-state index in [2.05, 4.69) is 4.98 Å². The summed E-state index contributed by atoms with van der Waals surface area (Å²) in [6, 6.07) is 26.7. The lowest BCUT2D eigenvalue weighted by atomic mass is 9.92. The molecule has 3 heteroatoms. The maximum Gasteiger partial charge on any atom is 0.338 e. The summed E-state index contributed by atoms with van der Waals surface area (Å²) in [5, 5.41) is 10.8. The van der Waals surface area contributed by atoms with Gasteiger partial charge in [-0.05, 0) is 11.6 Å². The van der Waals surface area contributed by atoms with Crippen molar-refractivity contribution in [3.05, 3.63) is 90.5 Å². The molecule has 0 radical (unpaired) electrons. The minimum absolute atomic E-state index is 0.232. The number of benzene rings is 3. The second-order valence-electron chi connectivity index (χ2n) is 5.76. The van der Waals surface area contributed by atoms with Crippen molar-refractivity contribution < 1.29 is 9.90 Å². The fraction of sp³-hybridized carbons (Fsp3) is 0. The third-order valence-electron chi connectivity index (χ3n) is 4.22. The van der Waals surface area contributed by atoms with Gasteiger partial charge in [0.2, 0.25) is 0 Å². The number of hydrogen-bond acceptors (Lipinski definition) is 2. The number of carboxylic acid groups (broad SMARTS) is 1. The summed E-state index contributed by atoms with van der Waals surface area (Å²) in [6.45, 7) is 0. The Morgan fingerprint density at radius 2 is 1.28 bits per heavy atom. The Balaban J connectivity index is 2.17. The highest BCUT2D eigenvalue weighted by atomic mass is 16.4. The van der Waals surface area contributed by atoms with Crippen LogP contribution in [0.5, 0.6) is 0 Å². The number of aromatic carboxylic acids is 1. The van der Waals surface area contributed by atoms with Crippen LogP contribution in [0.1, 0.15) is 10.4 Å². The second-order valence-corrected chi connectivity index (χ2v) is 5.76. The molecule has 0 aliphatic rings. The van der Waals surface area contributed by atoms with Crippen LogP contribution in [0.15, 0.2) is 84.9 Å². The molecule has 4 rings (SSSR count). The molecule has 0 unspecified atom stereocenters. The third-order valence-corrected chi connectivity index (χ3v) is 4.22. The molecule has 3 nitrogen and oxygen atoms in total. The summed E-state index contributed by atoms with van der Waals surface area (Å²) in [4.78, 5) is 16.9. The van der Waals surface area contributed by atoms with Gasteiger partial charge in [-0.1, -0.05) is 78.9 Å². The number of carboxylic acids is 1. The van der Waals surface area contributed by atoms with Gasteiger partial charge in [0.15, 0.2) is 0 Å². The molecule has 0 amide bonds. The number of carbonyl (C=O) groups is 1. The first-order valence-electron chi connectivity index (χ1n) is 8.02. The molecule has 120 valence electrons. The highest BCUT2D eigenvalue weighted by molar-refractivity contribution is 6.10. The fourth-order valence-electron chi connectivity index (χ4n) is 3.13. The smallest absolute Gasteiger partial charge is 0.338 e. The second kappa shape index (κ2) is 6.21. The Morgan fingerprint density at radius 1 is 0.720 bits per heavy atom. The molecular formula is C22H15NO2. The molecule has 0 aliphatic heterocycles. The van der Waals surface area contributed by atoms with E-state index in [0.717, 1.165) is 22.0 Å². The summed E-state index contributed by atoms with van der Waals surface area (Å²) in [7, 11) is 0. The predicted octanol–water partition coefficient (Wildman–Crippen LogP) is 5.27. The van der Waals surface area contributed by atoms with Crippen molar-refractivity contribution in [3.63, 3.8) is 0 Å². The van der Waals surface area contributed by atoms with Crippen LogP contribution in [0.2, 0.25) is 0 Å². The van der Waals surface area contributed by atoms with Gasteiger partial charge in [-0.2, -0.15) is 0 Å². The van der Waals surface area contributed by atoms with E-state index in [1.807, 2.05) is 84.9 Å². The van der Waals surface area contributed by atoms with Gasteiger partial charge in [0.05, 0.1) is 16.8 Å². The Bertz CT molecular complexity index is 1060. The van der Waals surface area contributed by atoms with E-state index in [-0.39, 0.29) is 5.56 Å². The number of para-hydroxylation sites is 1. The SMILES string of the molecule is O=C(O)c1c(-c2ccccc2)nc2ccccc2c1-c1ccccc1. The van der Waals surface area contributed by atoms with Crippen LogP contribution in [0, 0.1) is 0 Å². The summed E-state index contributed by atoms with van der Waals surface area (Å²) < 4.78 is 0. The van der Waals surface area contributed by atoms with Crippen molar-refractivity contribution in [1.29, 1.82) is 0 Å². The topological polar surface area (TPSA) is 50.2 Å². The molecule has 25 heavy (non-hydrogen) atoms. The Labute approximate surface area is 145 Å². The summed E-state index contributed by atoms with van der Waals surface area (Å²) in [6.07, 6.45) is 0. The number of hydrogen-bond donors (Lipinski definition) is 1. The van der Waals surface area contributed by atoms with Crippen LogP contribution < -0.4 is 0 Å². The maximum absolute atomic E-state index is 12.2. The minimum Gasteiger partial charge on any atom is -0.478 e. The molecule has 0 saturated carbocycles. The van der Waals surface area contributed by atoms with E-state index >= 15 is 0 Å². The van der Waals surface area contributed by atoms with Crippen molar-refractivity contribution in [3.8, 4) is 22.4 Å². The molecule has 3 aromatic carbocycles. The molecule has 0 saturated heterocycles. The fourth-order valence-corrected chi connectivity index (χ4v) is 3.13. The number of pyridine rings is 1. The van der Waals surface area contributed by atoms with Crippen molar-refractivity contribution in [2.75, 3.05) is 0 Å². The zero-order valence-electron chi connectivity index (χ0n) is 13.4. The van der Waals surface area contributed by atoms with E-state index in [4.69, 9.17) is 0 Å². The van der Waals surface area contributed by atoms with Crippen LogP contribution in [0.4, 0.5) is 0 Å². The van der Waals surface area contributed by atoms with Gasteiger partial charge in [-0.3, -0.25) is 0 Å². The Morgan fingerprint density at radius 3 is 1.92 bits per heavy atom. The lowest BCUT2D eigenvalue weighted by molar-refractivity contribution is 0.0698. The third kappa shape index (κ3) is 2.66. The standard InChI is InChI=1S/C22H15NO2/c24-22(25)20-19(15-9-3-1-4-10-15)17-13-7-8-14-18(17)23-21(20)16-11-5-2-6-12-16/h1-14H,(H,24,25). The zero-order valence-corrected chi connectivity index (χ0v) is 13.4. The molecule has 0 spiro atoms. The van der Waals surface area contributed by atoms with Crippen molar-refractivity contribution >= 4 is 16.9 Å². The van der Waals surface area contributed by atoms with E-state index in [9.17, 15) is 9.90 Å². The van der Waals surface area contributed by atoms with Gasteiger partial charge in [-0.15, -0.1) is 0 Å². The lowest BCUT2D eigenvalue weighted by Gasteiger charge is -2.15. The summed E-state index contributed by atoms with van der Waals surface area (Å²) in [5.74, 6) is -0.976. The highest BCUT2D eigenvalue weighted by Gasteiger charge is 2.22. The van der Waals surface area contributed by atoms with Crippen LogP contribution >= 0.6 is 0 Å².